The molecular weight excluding hydrogens is 517 g/mol. The van der Waals surface area contributed by atoms with Gasteiger partial charge in [-0.1, -0.05) is 29.3 Å². The van der Waals surface area contributed by atoms with E-state index in [4.69, 9.17) is 37.4 Å². The van der Waals surface area contributed by atoms with Gasteiger partial charge in [-0.05, 0) is 67.4 Å². The number of piperidine rings is 1. The molecular formula is C28H27Cl2NO6. The number of amides is 1. The zero-order valence-electron chi connectivity index (χ0n) is 20.1. The van der Waals surface area contributed by atoms with Gasteiger partial charge in [-0.25, -0.2) is 4.79 Å². The zero-order chi connectivity index (χ0) is 26.2. The van der Waals surface area contributed by atoms with Gasteiger partial charge in [0.2, 0.25) is 0 Å². The molecule has 3 aromatic rings. The van der Waals surface area contributed by atoms with E-state index in [1.807, 2.05) is 0 Å². The van der Waals surface area contributed by atoms with Crippen LogP contribution in [-0.2, 0) is 0 Å². The number of carbonyl (C=O) groups excluding carboxylic acids is 1. The van der Waals surface area contributed by atoms with E-state index in [1.165, 1.54) is 6.07 Å². The number of hydrogen-bond acceptors (Lipinski definition) is 5. The SMILES string of the molecule is O=C(O)c1ccc(OC2CCCN(C(=O)c3cccc(Cl)c3)C2)cc1OCCCOc1ccc(Cl)cc1. The Labute approximate surface area is 225 Å². The molecule has 3 aromatic carbocycles. The Hall–Kier alpha value is -3.42. The Bertz CT molecular complexity index is 1230. The van der Waals surface area contributed by atoms with E-state index < -0.39 is 5.97 Å². The Balaban J connectivity index is 1.33. The van der Waals surface area contributed by atoms with Crippen LogP contribution in [0.25, 0.3) is 0 Å². The molecule has 1 N–H and O–H groups in total. The van der Waals surface area contributed by atoms with Crippen molar-refractivity contribution in [1.82, 2.24) is 4.90 Å². The lowest BCUT2D eigenvalue weighted by atomic mass is 10.1. The smallest absolute Gasteiger partial charge is 0.339 e. The van der Waals surface area contributed by atoms with Crippen molar-refractivity contribution in [3.05, 3.63) is 87.9 Å². The number of rotatable bonds is 10. The number of halogens is 2. The van der Waals surface area contributed by atoms with Crippen LogP contribution in [0.1, 0.15) is 40.0 Å². The van der Waals surface area contributed by atoms with E-state index >= 15 is 0 Å². The Morgan fingerprint density at radius 1 is 0.919 bits per heavy atom. The molecule has 7 nitrogen and oxygen atoms in total. The fourth-order valence-corrected chi connectivity index (χ4v) is 4.37. The van der Waals surface area contributed by atoms with Gasteiger partial charge in [0, 0.05) is 34.6 Å². The Kier molecular flexibility index (Phi) is 9.14. The first kappa shape index (κ1) is 26.6. The molecule has 0 bridgehead atoms. The van der Waals surface area contributed by atoms with E-state index in [0.717, 1.165) is 12.8 Å². The van der Waals surface area contributed by atoms with E-state index in [2.05, 4.69) is 0 Å². The normalized spacial score (nSPS) is 15.2. The lowest BCUT2D eigenvalue weighted by molar-refractivity contribution is 0.0536. The van der Waals surface area contributed by atoms with E-state index in [0.29, 0.717) is 53.2 Å². The van der Waals surface area contributed by atoms with Crippen LogP contribution in [0.3, 0.4) is 0 Å². The van der Waals surface area contributed by atoms with Crippen LogP contribution in [-0.4, -0.2) is 54.3 Å². The number of carboxylic acid groups (broad SMARTS) is 1. The zero-order valence-corrected chi connectivity index (χ0v) is 21.6. The highest BCUT2D eigenvalue weighted by Gasteiger charge is 2.26. The average Bonchev–Trinajstić information content (AvgIpc) is 2.89. The quantitative estimate of drug-likeness (QED) is 0.305. The number of ether oxygens (including phenoxy) is 3. The maximum atomic E-state index is 12.9. The maximum Gasteiger partial charge on any atom is 0.339 e. The van der Waals surface area contributed by atoms with Crippen molar-refractivity contribution in [2.75, 3.05) is 26.3 Å². The summed E-state index contributed by atoms with van der Waals surface area (Å²) in [5.74, 6) is 0.219. The van der Waals surface area contributed by atoms with Crippen molar-refractivity contribution in [2.45, 2.75) is 25.4 Å². The highest BCUT2D eigenvalue weighted by atomic mass is 35.5. The van der Waals surface area contributed by atoms with Gasteiger partial charge in [0.15, 0.2) is 0 Å². The standard InChI is InChI=1S/C28H27Cl2NO6/c29-20-7-9-22(10-8-20)35-14-3-15-36-26-17-23(11-12-25(26)28(33)34)37-24-6-2-13-31(18-24)27(32)19-4-1-5-21(30)16-19/h1,4-5,7-12,16-17,24H,2-3,6,13-15,18H2,(H,33,34). The molecule has 194 valence electrons. The first-order chi connectivity index (χ1) is 17.9. The van der Waals surface area contributed by atoms with Gasteiger partial charge in [0.1, 0.15) is 28.9 Å². The molecule has 0 saturated carbocycles. The molecule has 0 aliphatic carbocycles. The van der Waals surface area contributed by atoms with Crippen molar-refractivity contribution in [1.29, 1.82) is 0 Å². The second kappa shape index (κ2) is 12.7. The average molecular weight is 544 g/mol. The van der Waals surface area contributed by atoms with Crippen molar-refractivity contribution in [3.8, 4) is 17.2 Å². The predicted molar refractivity (Wildman–Crippen MR) is 141 cm³/mol. The molecule has 37 heavy (non-hydrogen) atoms. The van der Waals surface area contributed by atoms with Crippen molar-refractivity contribution in [3.63, 3.8) is 0 Å². The molecule has 1 saturated heterocycles. The van der Waals surface area contributed by atoms with Crippen LogP contribution in [0.15, 0.2) is 66.7 Å². The fourth-order valence-electron chi connectivity index (χ4n) is 4.05. The minimum atomic E-state index is -1.09. The van der Waals surface area contributed by atoms with Crippen LogP contribution in [0.5, 0.6) is 17.2 Å². The molecule has 4 rings (SSSR count). The summed E-state index contributed by atoms with van der Waals surface area (Å²) in [6.45, 7) is 1.72. The molecule has 0 radical (unpaired) electrons. The van der Waals surface area contributed by atoms with Crippen LogP contribution in [0.4, 0.5) is 0 Å². The number of carboxylic acids is 1. The summed E-state index contributed by atoms with van der Waals surface area (Å²) in [5.41, 5.74) is 0.585. The van der Waals surface area contributed by atoms with Crippen LogP contribution < -0.4 is 14.2 Å². The van der Waals surface area contributed by atoms with E-state index in [-0.39, 0.29) is 29.9 Å². The van der Waals surface area contributed by atoms with Gasteiger partial charge >= 0.3 is 5.97 Å². The summed E-state index contributed by atoms with van der Waals surface area (Å²) in [7, 11) is 0. The molecule has 1 heterocycles. The van der Waals surface area contributed by atoms with Gasteiger partial charge in [-0.3, -0.25) is 4.79 Å². The summed E-state index contributed by atoms with van der Waals surface area (Å²) in [6, 6.07) is 18.6. The van der Waals surface area contributed by atoms with Crippen LogP contribution in [0.2, 0.25) is 10.0 Å². The van der Waals surface area contributed by atoms with Gasteiger partial charge in [0.25, 0.3) is 5.91 Å². The van der Waals surface area contributed by atoms with E-state index in [9.17, 15) is 14.7 Å². The molecule has 0 spiro atoms. The van der Waals surface area contributed by atoms with Gasteiger partial charge < -0.3 is 24.2 Å². The highest BCUT2D eigenvalue weighted by molar-refractivity contribution is 6.31. The monoisotopic (exact) mass is 543 g/mol. The molecule has 0 aromatic heterocycles. The third-order valence-electron chi connectivity index (χ3n) is 5.85. The minimum Gasteiger partial charge on any atom is -0.493 e. The minimum absolute atomic E-state index is 0.0485. The third-order valence-corrected chi connectivity index (χ3v) is 6.34. The Morgan fingerprint density at radius 2 is 1.68 bits per heavy atom. The second-order valence-corrected chi connectivity index (χ2v) is 9.48. The fraction of sp³-hybridized carbons (Fsp3) is 0.286. The number of aromatic carboxylic acids is 1. The molecule has 1 atom stereocenters. The summed E-state index contributed by atoms with van der Waals surface area (Å²) in [6.07, 6.45) is 1.89. The van der Waals surface area contributed by atoms with Gasteiger partial charge in [-0.2, -0.15) is 0 Å². The summed E-state index contributed by atoms with van der Waals surface area (Å²) < 4.78 is 17.6. The lowest BCUT2D eigenvalue weighted by Gasteiger charge is -2.33. The highest BCUT2D eigenvalue weighted by Crippen LogP contribution is 2.28. The predicted octanol–water partition coefficient (Wildman–Crippen LogP) is 6.22. The Morgan fingerprint density at radius 3 is 2.43 bits per heavy atom. The number of benzene rings is 3. The first-order valence-electron chi connectivity index (χ1n) is 12.0. The summed E-state index contributed by atoms with van der Waals surface area (Å²) in [4.78, 5) is 26.4. The lowest BCUT2D eigenvalue weighted by Crippen LogP contribution is -2.44. The topological polar surface area (TPSA) is 85.3 Å². The summed E-state index contributed by atoms with van der Waals surface area (Å²) in [5, 5.41) is 10.7. The molecule has 1 aliphatic rings. The summed E-state index contributed by atoms with van der Waals surface area (Å²) >= 11 is 11.9. The van der Waals surface area contributed by atoms with Crippen molar-refractivity contribution >= 4 is 35.1 Å². The maximum absolute atomic E-state index is 12.9. The largest absolute Gasteiger partial charge is 0.493 e. The molecule has 1 fully saturated rings. The van der Waals surface area contributed by atoms with Crippen molar-refractivity contribution < 1.29 is 28.9 Å². The van der Waals surface area contributed by atoms with Crippen molar-refractivity contribution in [2.24, 2.45) is 0 Å². The van der Waals surface area contributed by atoms with Gasteiger partial charge in [-0.15, -0.1) is 0 Å². The molecule has 1 aliphatic heterocycles. The van der Waals surface area contributed by atoms with Crippen LogP contribution in [0, 0.1) is 0 Å². The van der Waals surface area contributed by atoms with Gasteiger partial charge in [0.05, 0.1) is 19.8 Å². The van der Waals surface area contributed by atoms with E-state index in [1.54, 1.807) is 65.6 Å². The second-order valence-electron chi connectivity index (χ2n) is 8.61. The number of carbonyl (C=O) groups is 2. The third kappa shape index (κ3) is 7.54. The molecule has 1 amide bonds. The van der Waals surface area contributed by atoms with Crippen LogP contribution >= 0.6 is 23.2 Å². The molecule has 1 unspecified atom stereocenters. The number of likely N-dealkylation sites (tertiary alicyclic amines) is 1. The first-order valence-corrected chi connectivity index (χ1v) is 12.7. The molecule has 9 heteroatoms. The number of hydrogen-bond donors (Lipinski definition) is 1. The number of nitrogens with zero attached hydrogens (tertiary/aromatic N) is 1.